The van der Waals surface area contributed by atoms with Gasteiger partial charge in [0.25, 0.3) is 0 Å². The fourth-order valence-electron chi connectivity index (χ4n) is 1.55. The number of ether oxygens (including phenoxy) is 1. The summed E-state index contributed by atoms with van der Waals surface area (Å²) in [5.74, 6) is 0. The molecule has 11 heavy (non-hydrogen) atoms. The molecule has 0 radical (unpaired) electrons. The van der Waals surface area contributed by atoms with E-state index in [-0.39, 0.29) is 0 Å². The van der Waals surface area contributed by atoms with Crippen molar-refractivity contribution in [3.63, 3.8) is 0 Å². The van der Waals surface area contributed by atoms with Crippen molar-refractivity contribution in [1.29, 1.82) is 0 Å². The molecule has 1 heterocycles. The zero-order valence-corrected chi connectivity index (χ0v) is 7.42. The molecule has 0 aliphatic carbocycles. The summed E-state index contributed by atoms with van der Waals surface area (Å²) in [5, 5.41) is 0. The molecule has 1 saturated heterocycles. The van der Waals surface area contributed by atoms with Crippen molar-refractivity contribution in [2.75, 3.05) is 26.8 Å². The summed E-state index contributed by atoms with van der Waals surface area (Å²) in [4.78, 5) is 2.38. The Bertz CT molecular complexity index is 119. The fraction of sp³-hybridized carbons (Fsp3) is 1.00. The zero-order valence-electron chi connectivity index (χ0n) is 7.42. The molecule has 3 nitrogen and oxygen atoms in total. The molecule has 1 rings (SSSR count). The maximum absolute atomic E-state index is 5.86. The van der Waals surface area contributed by atoms with Crippen LogP contribution < -0.4 is 5.73 Å². The first-order chi connectivity index (χ1) is 5.25. The van der Waals surface area contributed by atoms with Gasteiger partial charge in [0.05, 0.1) is 6.61 Å². The molecular weight excluding hydrogens is 140 g/mol. The van der Waals surface area contributed by atoms with Crippen LogP contribution in [-0.2, 0) is 4.74 Å². The first-order valence-electron chi connectivity index (χ1n) is 4.24. The second-order valence-corrected chi connectivity index (χ2v) is 3.22. The predicted octanol–water partition coefficient (Wildman–Crippen LogP) is 0.0543. The lowest BCUT2D eigenvalue weighted by Gasteiger charge is -2.22. The summed E-state index contributed by atoms with van der Waals surface area (Å²) in [5.41, 5.74) is 5.86. The molecule has 0 amide bonds. The topological polar surface area (TPSA) is 38.5 Å². The Morgan fingerprint density at radius 2 is 2.36 bits per heavy atom. The van der Waals surface area contributed by atoms with E-state index >= 15 is 0 Å². The van der Waals surface area contributed by atoms with Crippen LogP contribution in [0, 0.1) is 0 Å². The van der Waals surface area contributed by atoms with Gasteiger partial charge < -0.3 is 10.5 Å². The van der Waals surface area contributed by atoms with E-state index < -0.39 is 0 Å². The minimum atomic E-state index is 0.367. The van der Waals surface area contributed by atoms with Crippen LogP contribution in [0.1, 0.15) is 13.3 Å². The highest BCUT2D eigenvalue weighted by Gasteiger charge is 2.26. The quantitative estimate of drug-likeness (QED) is 0.631. The molecule has 1 fully saturated rings. The van der Waals surface area contributed by atoms with E-state index in [4.69, 9.17) is 10.5 Å². The minimum Gasteiger partial charge on any atom is -0.383 e. The van der Waals surface area contributed by atoms with Crippen molar-refractivity contribution in [3.05, 3.63) is 0 Å². The first kappa shape index (κ1) is 8.97. The van der Waals surface area contributed by atoms with Crippen molar-refractivity contribution in [3.8, 4) is 0 Å². The van der Waals surface area contributed by atoms with E-state index in [0.29, 0.717) is 12.1 Å². The minimum absolute atomic E-state index is 0.367. The van der Waals surface area contributed by atoms with Crippen LogP contribution in [0.3, 0.4) is 0 Å². The van der Waals surface area contributed by atoms with Crippen molar-refractivity contribution < 1.29 is 4.74 Å². The van der Waals surface area contributed by atoms with Crippen molar-refractivity contribution in [2.45, 2.75) is 25.4 Å². The number of hydrogen-bond donors (Lipinski definition) is 1. The van der Waals surface area contributed by atoms with Crippen molar-refractivity contribution in [2.24, 2.45) is 5.73 Å². The zero-order chi connectivity index (χ0) is 8.27. The average Bonchev–Trinajstić information content (AvgIpc) is 2.31. The SMILES string of the molecule is COCCN1CC[C@H](N)[C@H]1C. The molecule has 2 atom stereocenters. The van der Waals surface area contributed by atoms with Gasteiger partial charge in [-0.2, -0.15) is 0 Å². The number of likely N-dealkylation sites (tertiary alicyclic amines) is 1. The molecule has 0 aromatic rings. The standard InChI is InChI=1S/C8H18N2O/c1-7-8(9)3-4-10(7)5-6-11-2/h7-8H,3-6,9H2,1-2H3/t7-,8+/m1/s1. The highest BCUT2D eigenvalue weighted by molar-refractivity contribution is 4.86. The summed E-state index contributed by atoms with van der Waals surface area (Å²) in [6.07, 6.45) is 1.13. The summed E-state index contributed by atoms with van der Waals surface area (Å²) >= 11 is 0. The van der Waals surface area contributed by atoms with E-state index in [1.165, 1.54) is 0 Å². The van der Waals surface area contributed by atoms with Crippen LogP contribution in [0.15, 0.2) is 0 Å². The molecule has 0 bridgehead atoms. The Morgan fingerprint density at radius 3 is 2.82 bits per heavy atom. The van der Waals surface area contributed by atoms with Gasteiger partial charge in [-0.25, -0.2) is 0 Å². The normalized spacial score (nSPS) is 33.0. The van der Waals surface area contributed by atoms with Gasteiger partial charge in [0.15, 0.2) is 0 Å². The maximum atomic E-state index is 5.86. The largest absolute Gasteiger partial charge is 0.383 e. The lowest BCUT2D eigenvalue weighted by molar-refractivity contribution is 0.143. The number of hydrogen-bond acceptors (Lipinski definition) is 3. The van der Waals surface area contributed by atoms with Crippen molar-refractivity contribution >= 4 is 0 Å². The second kappa shape index (κ2) is 4.04. The molecule has 0 aromatic carbocycles. The first-order valence-corrected chi connectivity index (χ1v) is 4.24. The number of methoxy groups -OCH3 is 1. The van der Waals surface area contributed by atoms with E-state index in [0.717, 1.165) is 26.1 Å². The lowest BCUT2D eigenvalue weighted by atomic mass is 10.2. The Kier molecular flexibility index (Phi) is 3.30. The van der Waals surface area contributed by atoms with Crippen LogP contribution >= 0.6 is 0 Å². The van der Waals surface area contributed by atoms with E-state index in [1.807, 2.05) is 0 Å². The smallest absolute Gasteiger partial charge is 0.0589 e. The van der Waals surface area contributed by atoms with Crippen LogP contribution in [-0.4, -0.2) is 43.8 Å². The Hall–Kier alpha value is -0.120. The molecular formula is C8H18N2O. The Labute approximate surface area is 68.5 Å². The number of nitrogens with zero attached hydrogens (tertiary/aromatic N) is 1. The molecule has 1 aliphatic heterocycles. The van der Waals surface area contributed by atoms with Gasteiger partial charge in [-0.15, -0.1) is 0 Å². The molecule has 0 saturated carbocycles. The van der Waals surface area contributed by atoms with Crippen molar-refractivity contribution in [1.82, 2.24) is 4.90 Å². The van der Waals surface area contributed by atoms with E-state index in [1.54, 1.807) is 7.11 Å². The average molecular weight is 158 g/mol. The van der Waals surface area contributed by atoms with Crippen LogP contribution in [0.4, 0.5) is 0 Å². The van der Waals surface area contributed by atoms with Gasteiger partial charge in [0.1, 0.15) is 0 Å². The fourth-order valence-corrected chi connectivity index (χ4v) is 1.55. The molecule has 0 aromatic heterocycles. The lowest BCUT2D eigenvalue weighted by Crippen LogP contribution is -2.38. The van der Waals surface area contributed by atoms with Crippen LogP contribution in [0.25, 0.3) is 0 Å². The highest BCUT2D eigenvalue weighted by atomic mass is 16.5. The summed E-state index contributed by atoms with van der Waals surface area (Å²) in [7, 11) is 1.74. The number of rotatable bonds is 3. The summed E-state index contributed by atoms with van der Waals surface area (Å²) in [6.45, 7) is 5.15. The number of nitrogens with two attached hydrogens (primary N) is 1. The van der Waals surface area contributed by atoms with Gasteiger partial charge >= 0.3 is 0 Å². The van der Waals surface area contributed by atoms with E-state index in [9.17, 15) is 0 Å². The monoisotopic (exact) mass is 158 g/mol. The predicted molar refractivity (Wildman–Crippen MR) is 45.5 cm³/mol. The summed E-state index contributed by atoms with van der Waals surface area (Å²) < 4.78 is 5.00. The van der Waals surface area contributed by atoms with Gasteiger partial charge in [-0.1, -0.05) is 0 Å². The molecule has 0 unspecified atom stereocenters. The molecule has 0 spiro atoms. The highest BCUT2D eigenvalue weighted by Crippen LogP contribution is 2.14. The molecule has 3 heteroatoms. The van der Waals surface area contributed by atoms with E-state index in [2.05, 4.69) is 11.8 Å². The molecule has 2 N–H and O–H groups in total. The Balaban J connectivity index is 2.24. The van der Waals surface area contributed by atoms with Crippen LogP contribution in [0.5, 0.6) is 0 Å². The van der Waals surface area contributed by atoms with Gasteiger partial charge in [-0.05, 0) is 13.3 Å². The molecule has 1 aliphatic rings. The third kappa shape index (κ3) is 2.15. The Morgan fingerprint density at radius 1 is 1.64 bits per heavy atom. The van der Waals surface area contributed by atoms with Gasteiger partial charge in [-0.3, -0.25) is 4.90 Å². The third-order valence-electron chi connectivity index (χ3n) is 2.53. The van der Waals surface area contributed by atoms with Gasteiger partial charge in [0, 0.05) is 32.3 Å². The summed E-state index contributed by atoms with van der Waals surface area (Å²) in [6, 6.07) is 0.900. The molecule has 66 valence electrons. The second-order valence-electron chi connectivity index (χ2n) is 3.22. The third-order valence-corrected chi connectivity index (χ3v) is 2.53. The van der Waals surface area contributed by atoms with Crippen LogP contribution in [0.2, 0.25) is 0 Å². The van der Waals surface area contributed by atoms with Gasteiger partial charge in [0.2, 0.25) is 0 Å². The maximum Gasteiger partial charge on any atom is 0.0589 e.